The summed E-state index contributed by atoms with van der Waals surface area (Å²) >= 11 is 6.70. The Balaban J connectivity index is 2.43. The van der Waals surface area contributed by atoms with Crippen LogP contribution in [0.2, 0.25) is 0 Å². The average molecular weight is 539 g/mol. The van der Waals surface area contributed by atoms with Crippen molar-refractivity contribution in [3.63, 3.8) is 0 Å². The lowest BCUT2D eigenvalue weighted by molar-refractivity contribution is -0.220. The van der Waals surface area contributed by atoms with Crippen LogP contribution in [0.25, 0.3) is 0 Å². The van der Waals surface area contributed by atoms with Crippen LogP contribution in [-0.4, -0.2) is 69.7 Å². The first kappa shape index (κ1) is 28.6. The van der Waals surface area contributed by atoms with Crippen LogP contribution >= 0.6 is 11.6 Å². The topological polar surface area (TPSA) is 143 Å². The third-order valence-corrected chi connectivity index (χ3v) is 7.92. The van der Waals surface area contributed by atoms with Gasteiger partial charge in [0.05, 0.1) is 17.2 Å². The average Bonchev–Trinajstić information content (AvgIpc) is 3.01. The Kier molecular flexibility index (Phi) is 7.51. The van der Waals surface area contributed by atoms with Gasteiger partial charge in [-0.3, -0.25) is 24.0 Å². The number of ketones is 1. The van der Waals surface area contributed by atoms with E-state index in [0.29, 0.717) is 0 Å². The molecule has 1 saturated heterocycles. The highest BCUT2D eigenvalue weighted by atomic mass is 35.5. The summed E-state index contributed by atoms with van der Waals surface area (Å²) in [6.07, 6.45) is 1.51. The maximum atomic E-state index is 13.3. The minimum Gasteiger partial charge on any atom is -0.459 e. The molecule has 0 bridgehead atoms. The summed E-state index contributed by atoms with van der Waals surface area (Å²) in [6.45, 7) is 11.7. The number of fused-ring (bicyclic) bond motifs is 2. The second-order valence-electron chi connectivity index (χ2n) is 10.1. The van der Waals surface area contributed by atoms with Crippen molar-refractivity contribution in [1.29, 1.82) is 0 Å². The van der Waals surface area contributed by atoms with Crippen molar-refractivity contribution in [3.05, 3.63) is 36.5 Å². The number of aliphatic hydroxyl groups is 1. The molecular formula is C26H31ClO10. The fourth-order valence-corrected chi connectivity index (χ4v) is 5.97. The van der Waals surface area contributed by atoms with Crippen molar-refractivity contribution in [1.82, 2.24) is 0 Å². The molecule has 1 fully saturated rings. The van der Waals surface area contributed by atoms with Crippen LogP contribution < -0.4 is 0 Å². The SMILES string of the molecule is C=C1[C@@H](OC(C)=O)C=C[C@@]2(C)C=CC(=O)[C@@](C)(OC(C)=O)[C@@H]2[C@@H](OC(C)=O)[C@]2(O)[C@@H](C)C(=O)O[C@H]2[C@H]1Cl. The van der Waals surface area contributed by atoms with Gasteiger partial charge in [0.15, 0.2) is 23.1 Å². The quantitative estimate of drug-likeness (QED) is 0.245. The molecule has 3 aliphatic rings. The molecule has 1 N–H and O–H groups in total. The molecule has 1 heterocycles. The lowest BCUT2D eigenvalue weighted by Crippen LogP contribution is -2.68. The van der Waals surface area contributed by atoms with Gasteiger partial charge in [0.1, 0.15) is 12.2 Å². The Bertz CT molecular complexity index is 1110. The van der Waals surface area contributed by atoms with Crippen molar-refractivity contribution < 1.29 is 48.0 Å². The summed E-state index contributed by atoms with van der Waals surface area (Å²) in [4.78, 5) is 62.6. The Morgan fingerprint density at radius 3 is 2.19 bits per heavy atom. The molecule has 2 aliphatic carbocycles. The minimum absolute atomic E-state index is 0.0979. The van der Waals surface area contributed by atoms with Gasteiger partial charge in [0.25, 0.3) is 0 Å². The molecule has 0 amide bonds. The first-order valence-corrected chi connectivity index (χ1v) is 12.1. The standard InChI is InChI=1S/C26H31ClO10/c1-12-17(34-14(3)28)8-10-24(6)11-9-18(31)25(7,37-16(5)30)20(24)22(35-15(4)29)26(33)13(2)23(32)36-21(26)19(12)27/h8-11,13,17,19-22,33H,1H2,2-7H3/t13-,17-,19-,20+,21-,22+,24-,25+,26-/m0/s1. The largest absolute Gasteiger partial charge is 0.459 e. The summed E-state index contributed by atoms with van der Waals surface area (Å²) in [5.74, 6) is -6.32. The molecule has 11 heteroatoms. The predicted octanol–water partition coefficient (Wildman–Crippen LogP) is 1.96. The van der Waals surface area contributed by atoms with E-state index >= 15 is 0 Å². The Morgan fingerprint density at radius 2 is 1.65 bits per heavy atom. The number of ether oxygens (including phenoxy) is 4. The van der Waals surface area contributed by atoms with Crippen molar-refractivity contribution >= 4 is 41.3 Å². The Morgan fingerprint density at radius 1 is 1.05 bits per heavy atom. The van der Waals surface area contributed by atoms with E-state index in [4.69, 9.17) is 30.5 Å². The minimum atomic E-state index is -2.32. The third kappa shape index (κ3) is 4.72. The highest BCUT2D eigenvalue weighted by molar-refractivity contribution is 6.23. The fourth-order valence-electron chi connectivity index (χ4n) is 5.59. The van der Waals surface area contributed by atoms with Gasteiger partial charge in [-0.05, 0) is 31.6 Å². The van der Waals surface area contributed by atoms with Gasteiger partial charge >= 0.3 is 23.9 Å². The zero-order chi connectivity index (χ0) is 28.1. The molecule has 0 aromatic carbocycles. The van der Waals surface area contributed by atoms with E-state index in [2.05, 4.69) is 6.58 Å². The van der Waals surface area contributed by atoms with E-state index in [0.717, 1.165) is 13.8 Å². The summed E-state index contributed by atoms with van der Waals surface area (Å²) in [6, 6.07) is 0. The second-order valence-corrected chi connectivity index (χ2v) is 10.6. The summed E-state index contributed by atoms with van der Waals surface area (Å²) in [7, 11) is 0. The van der Waals surface area contributed by atoms with Gasteiger partial charge in [-0.25, -0.2) is 0 Å². The maximum absolute atomic E-state index is 13.3. The highest BCUT2D eigenvalue weighted by Gasteiger charge is 2.70. The van der Waals surface area contributed by atoms with E-state index in [9.17, 15) is 29.1 Å². The molecule has 0 spiro atoms. The first-order chi connectivity index (χ1) is 17.0. The monoisotopic (exact) mass is 538 g/mol. The van der Waals surface area contributed by atoms with Crippen molar-refractivity contribution in [2.45, 2.75) is 76.4 Å². The van der Waals surface area contributed by atoms with Gasteiger partial charge in [0.2, 0.25) is 0 Å². The predicted molar refractivity (Wildman–Crippen MR) is 129 cm³/mol. The number of hydrogen-bond acceptors (Lipinski definition) is 10. The highest BCUT2D eigenvalue weighted by Crippen LogP contribution is 2.54. The molecular weight excluding hydrogens is 508 g/mol. The van der Waals surface area contributed by atoms with Gasteiger partial charge in [-0.1, -0.05) is 25.7 Å². The lowest BCUT2D eigenvalue weighted by Gasteiger charge is -2.53. The van der Waals surface area contributed by atoms with Crippen molar-refractivity contribution in [2.75, 3.05) is 0 Å². The molecule has 0 saturated carbocycles. The van der Waals surface area contributed by atoms with E-state index in [1.165, 1.54) is 39.0 Å². The van der Waals surface area contributed by atoms with Gasteiger partial charge in [-0.2, -0.15) is 0 Å². The number of allylic oxidation sites excluding steroid dienone is 2. The molecule has 0 unspecified atom stereocenters. The number of esters is 4. The molecule has 202 valence electrons. The molecule has 3 rings (SSSR count). The molecule has 10 nitrogen and oxygen atoms in total. The van der Waals surface area contributed by atoms with Gasteiger partial charge < -0.3 is 24.1 Å². The Labute approximate surface area is 219 Å². The number of carbonyl (C=O) groups is 5. The van der Waals surface area contributed by atoms with E-state index in [1.54, 1.807) is 13.0 Å². The van der Waals surface area contributed by atoms with Crippen molar-refractivity contribution in [2.24, 2.45) is 17.3 Å². The van der Waals surface area contributed by atoms with Crippen LogP contribution in [-0.2, 0) is 42.9 Å². The van der Waals surface area contributed by atoms with E-state index in [1.807, 2.05) is 0 Å². The van der Waals surface area contributed by atoms with Crippen LogP contribution in [0.3, 0.4) is 0 Å². The molecule has 1 aliphatic heterocycles. The van der Waals surface area contributed by atoms with Crippen LogP contribution in [0.5, 0.6) is 0 Å². The lowest BCUT2D eigenvalue weighted by atomic mass is 9.56. The van der Waals surface area contributed by atoms with Gasteiger partial charge in [-0.15, -0.1) is 11.6 Å². The molecule has 0 aromatic rings. The first-order valence-electron chi connectivity index (χ1n) is 11.7. The zero-order valence-corrected chi connectivity index (χ0v) is 22.2. The second kappa shape index (κ2) is 9.72. The number of carbonyl (C=O) groups excluding carboxylic acids is 5. The summed E-state index contributed by atoms with van der Waals surface area (Å²) < 4.78 is 22.2. The summed E-state index contributed by atoms with van der Waals surface area (Å²) in [5, 5.41) is 11.0. The van der Waals surface area contributed by atoms with Crippen molar-refractivity contribution in [3.8, 4) is 0 Å². The fraction of sp³-hybridized carbons (Fsp3) is 0.577. The number of halogens is 1. The maximum Gasteiger partial charge on any atom is 0.312 e. The normalized spacial score (nSPS) is 41.2. The van der Waals surface area contributed by atoms with Crippen LogP contribution in [0.1, 0.15) is 41.5 Å². The van der Waals surface area contributed by atoms with Crippen LogP contribution in [0.4, 0.5) is 0 Å². The van der Waals surface area contributed by atoms with E-state index in [-0.39, 0.29) is 5.57 Å². The van der Waals surface area contributed by atoms with Crippen LogP contribution in [0, 0.1) is 17.3 Å². The smallest absolute Gasteiger partial charge is 0.312 e. The van der Waals surface area contributed by atoms with E-state index < -0.39 is 81.8 Å². The molecule has 0 aromatic heterocycles. The Hall–Kier alpha value is -2.98. The summed E-state index contributed by atoms with van der Waals surface area (Å²) in [5.41, 5.74) is -5.44. The van der Waals surface area contributed by atoms with Gasteiger partial charge in [0, 0.05) is 26.2 Å². The number of rotatable bonds is 3. The van der Waals surface area contributed by atoms with Crippen LogP contribution in [0.15, 0.2) is 36.5 Å². The number of hydrogen-bond donors (Lipinski definition) is 1. The molecule has 9 atom stereocenters. The molecule has 37 heavy (non-hydrogen) atoms. The number of alkyl halides is 1. The zero-order valence-electron chi connectivity index (χ0n) is 21.5. The third-order valence-electron chi connectivity index (χ3n) is 7.41. The molecule has 0 radical (unpaired) electrons.